The first-order valence-electron chi connectivity index (χ1n) is 6.41. The Hall–Kier alpha value is -1.68. The fourth-order valence-electron chi connectivity index (χ4n) is 2.31. The Morgan fingerprint density at radius 2 is 1.89 bits per heavy atom. The molecule has 2 unspecified atom stereocenters. The summed E-state index contributed by atoms with van der Waals surface area (Å²) in [6.45, 7) is 7.95. The molecule has 3 nitrogen and oxygen atoms in total. The van der Waals surface area contributed by atoms with Crippen LogP contribution in [0.2, 0.25) is 0 Å². The van der Waals surface area contributed by atoms with E-state index in [2.05, 4.69) is 17.2 Å². The third-order valence-corrected chi connectivity index (χ3v) is 3.27. The smallest absolute Gasteiger partial charge is 0.141 e. The summed E-state index contributed by atoms with van der Waals surface area (Å²) in [6, 6.07) is 3.69. The summed E-state index contributed by atoms with van der Waals surface area (Å²) in [5.41, 5.74) is 1.97. The van der Waals surface area contributed by atoms with Crippen molar-refractivity contribution in [2.45, 2.75) is 39.8 Å². The molecule has 2 rings (SSSR count). The SMILES string of the molecule is Cc1cc(C(C)NC(C)c2cncc(F)c2)c(C)o1. The van der Waals surface area contributed by atoms with E-state index in [1.165, 1.54) is 12.3 Å². The molecule has 2 aromatic rings. The lowest BCUT2D eigenvalue weighted by Gasteiger charge is -2.19. The molecule has 0 saturated carbocycles. The number of rotatable bonds is 4. The molecule has 0 aliphatic rings. The summed E-state index contributed by atoms with van der Waals surface area (Å²) in [5.74, 6) is 1.51. The van der Waals surface area contributed by atoms with Gasteiger partial charge in [-0.1, -0.05) is 0 Å². The molecule has 0 radical (unpaired) electrons. The van der Waals surface area contributed by atoms with Crippen LogP contribution in [-0.2, 0) is 0 Å². The van der Waals surface area contributed by atoms with Gasteiger partial charge in [0.05, 0.1) is 6.20 Å². The lowest BCUT2D eigenvalue weighted by molar-refractivity contribution is 0.467. The van der Waals surface area contributed by atoms with Crippen LogP contribution in [0, 0.1) is 19.7 Å². The Balaban J connectivity index is 2.10. The van der Waals surface area contributed by atoms with Gasteiger partial charge in [0.1, 0.15) is 17.3 Å². The maximum absolute atomic E-state index is 13.2. The number of aromatic nitrogens is 1. The van der Waals surface area contributed by atoms with E-state index in [4.69, 9.17) is 4.42 Å². The highest BCUT2D eigenvalue weighted by atomic mass is 19.1. The van der Waals surface area contributed by atoms with E-state index < -0.39 is 0 Å². The monoisotopic (exact) mass is 262 g/mol. The molecule has 0 aliphatic carbocycles. The summed E-state index contributed by atoms with van der Waals surface area (Å²) in [4.78, 5) is 3.87. The Morgan fingerprint density at radius 3 is 2.47 bits per heavy atom. The quantitative estimate of drug-likeness (QED) is 0.909. The second-order valence-corrected chi connectivity index (χ2v) is 4.92. The molecular formula is C15H19FN2O. The highest BCUT2D eigenvalue weighted by Gasteiger charge is 2.16. The molecule has 0 aromatic carbocycles. The summed E-state index contributed by atoms with van der Waals surface area (Å²) in [7, 11) is 0. The van der Waals surface area contributed by atoms with Crippen LogP contribution in [0.1, 0.15) is 48.6 Å². The van der Waals surface area contributed by atoms with Crippen molar-refractivity contribution in [1.82, 2.24) is 10.3 Å². The van der Waals surface area contributed by atoms with E-state index in [-0.39, 0.29) is 17.9 Å². The number of hydrogen-bond acceptors (Lipinski definition) is 3. The van der Waals surface area contributed by atoms with Gasteiger partial charge in [0.25, 0.3) is 0 Å². The van der Waals surface area contributed by atoms with E-state index in [9.17, 15) is 4.39 Å². The molecule has 19 heavy (non-hydrogen) atoms. The number of nitrogens with zero attached hydrogens (tertiary/aromatic N) is 1. The zero-order chi connectivity index (χ0) is 14.0. The molecule has 2 heterocycles. The largest absolute Gasteiger partial charge is 0.466 e. The van der Waals surface area contributed by atoms with Crippen LogP contribution >= 0.6 is 0 Å². The van der Waals surface area contributed by atoms with Gasteiger partial charge in [-0.05, 0) is 45.4 Å². The summed E-state index contributed by atoms with van der Waals surface area (Å²) >= 11 is 0. The number of furan rings is 1. The minimum atomic E-state index is -0.311. The first kappa shape index (κ1) is 13.7. The predicted octanol–water partition coefficient (Wildman–Crippen LogP) is 3.84. The predicted molar refractivity (Wildman–Crippen MR) is 72.3 cm³/mol. The summed E-state index contributed by atoms with van der Waals surface area (Å²) in [6.07, 6.45) is 2.89. The minimum Gasteiger partial charge on any atom is -0.466 e. The molecule has 0 saturated heterocycles. The molecule has 4 heteroatoms. The van der Waals surface area contributed by atoms with Crippen molar-refractivity contribution in [2.75, 3.05) is 0 Å². The zero-order valence-electron chi connectivity index (χ0n) is 11.7. The van der Waals surface area contributed by atoms with Crippen LogP contribution in [0.4, 0.5) is 4.39 Å². The zero-order valence-corrected chi connectivity index (χ0v) is 11.7. The van der Waals surface area contributed by atoms with Crippen LogP contribution in [0.5, 0.6) is 0 Å². The normalized spacial score (nSPS) is 14.4. The van der Waals surface area contributed by atoms with E-state index in [0.717, 1.165) is 22.6 Å². The Labute approximate surface area is 112 Å². The van der Waals surface area contributed by atoms with Gasteiger partial charge in [-0.25, -0.2) is 4.39 Å². The van der Waals surface area contributed by atoms with Gasteiger partial charge in [0.15, 0.2) is 0 Å². The van der Waals surface area contributed by atoms with Crippen LogP contribution in [-0.4, -0.2) is 4.98 Å². The van der Waals surface area contributed by atoms with Crippen molar-refractivity contribution in [3.05, 3.63) is 53.0 Å². The summed E-state index contributed by atoms with van der Waals surface area (Å²) < 4.78 is 18.7. The molecule has 102 valence electrons. The number of aryl methyl sites for hydroxylation is 2. The second kappa shape index (κ2) is 5.53. The molecule has 0 amide bonds. The first-order chi connectivity index (χ1) is 8.97. The van der Waals surface area contributed by atoms with Gasteiger partial charge in [0.2, 0.25) is 0 Å². The third-order valence-electron chi connectivity index (χ3n) is 3.27. The molecule has 0 aliphatic heterocycles. The van der Waals surface area contributed by atoms with Crippen LogP contribution in [0.25, 0.3) is 0 Å². The average molecular weight is 262 g/mol. The fraction of sp³-hybridized carbons (Fsp3) is 0.400. The first-order valence-corrected chi connectivity index (χ1v) is 6.41. The summed E-state index contributed by atoms with van der Waals surface area (Å²) in [5, 5.41) is 3.43. The maximum atomic E-state index is 13.2. The molecule has 2 aromatic heterocycles. The molecular weight excluding hydrogens is 243 g/mol. The number of hydrogen-bond donors (Lipinski definition) is 1. The van der Waals surface area contributed by atoms with E-state index in [0.29, 0.717) is 0 Å². The van der Waals surface area contributed by atoms with Gasteiger partial charge in [-0.3, -0.25) is 4.98 Å². The van der Waals surface area contributed by atoms with Gasteiger partial charge in [-0.15, -0.1) is 0 Å². The van der Waals surface area contributed by atoms with Crippen LogP contribution in [0.15, 0.2) is 28.9 Å². The Kier molecular flexibility index (Phi) is 4.00. The van der Waals surface area contributed by atoms with Gasteiger partial charge >= 0.3 is 0 Å². The second-order valence-electron chi connectivity index (χ2n) is 4.92. The number of nitrogens with one attached hydrogen (secondary N) is 1. The Morgan fingerprint density at radius 1 is 1.16 bits per heavy atom. The van der Waals surface area contributed by atoms with Crippen molar-refractivity contribution in [3.8, 4) is 0 Å². The maximum Gasteiger partial charge on any atom is 0.141 e. The molecule has 2 atom stereocenters. The van der Waals surface area contributed by atoms with Crippen molar-refractivity contribution in [2.24, 2.45) is 0 Å². The number of halogens is 1. The minimum absolute atomic E-state index is 0.0211. The van der Waals surface area contributed by atoms with Gasteiger partial charge < -0.3 is 9.73 Å². The highest BCUT2D eigenvalue weighted by Crippen LogP contribution is 2.24. The fourth-order valence-corrected chi connectivity index (χ4v) is 2.31. The van der Waals surface area contributed by atoms with Crippen molar-refractivity contribution >= 4 is 0 Å². The number of pyridine rings is 1. The highest BCUT2D eigenvalue weighted by molar-refractivity contribution is 5.24. The molecule has 1 N–H and O–H groups in total. The van der Waals surface area contributed by atoms with Crippen LogP contribution < -0.4 is 5.32 Å². The van der Waals surface area contributed by atoms with Gasteiger partial charge in [0, 0.05) is 23.8 Å². The Bertz CT molecular complexity index is 565. The van der Waals surface area contributed by atoms with E-state index in [1.807, 2.05) is 26.8 Å². The van der Waals surface area contributed by atoms with Crippen molar-refractivity contribution in [1.29, 1.82) is 0 Å². The third kappa shape index (κ3) is 3.20. The molecule has 0 fully saturated rings. The average Bonchev–Trinajstić information content (AvgIpc) is 2.68. The van der Waals surface area contributed by atoms with Gasteiger partial charge in [-0.2, -0.15) is 0 Å². The topological polar surface area (TPSA) is 38.1 Å². The van der Waals surface area contributed by atoms with Crippen LogP contribution in [0.3, 0.4) is 0 Å². The van der Waals surface area contributed by atoms with E-state index >= 15 is 0 Å². The van der Waals surface area contributed by atoms with E-state index in [1.54, 1.807) is 6.20 Å². The standard InChI is InChI=1S/C15H19FN2O/c1-9-5-15(12(4)19-9)11(3)18-10(2)13-6-14(16)8-17-7-13/h5-8,10-11,18H,1-4H3. The van der Waals surface area contributed by atoms with Crippen molar-refractivity contribution in [3.63, 3.8) is 0 Å². The molecule has 0 bridgehead atoms. The van der Waals surface area contributed by atoms with Crippen molar-refractivity contribution < 1.29 is 8.81 Å². The lowest BCUT2D eigenvalue weighted by atomic mass is 10.1. The lowest BCUT2D eigenvalue weighted by Crippen LogP contribution is -2.22. The molecule has 0 spiro atoms.